The summed E-state index contributed by atoms with van der Waals surface area (Å²) in [4.78, 5) is 19.1. The maximum absolute atomic E-state index is 10.7. The monoisotopic (exact) mass is 298 g/mol. The Kier molecular flexibility index (Phi) is 3.81. The normalized spacial score (nSPS) is 11.5. The van der Waals surface area contributed by atoms with Gasteiger partial charge in [-0.2, -0.15) is 4.37 Å². The predicted molar refractivity (Wildman–Crippen MR) is 75.0 cm³/mol. The van der Waals surface area contributed by atoms with Crippen LogP contribution in [-0.2, 0) is 12.0 Å². The number of anilines is 1. The molecule has 0 aliphatic carbocycles. The average Bonchev–Trinajstić information content (AvgIpc) is 2.95. The van der Waals surface area contributed by atoms with Gasteiger partial charge in [-0.25, -0.2) is 14.8 Å². The summed E-state index contributed by atoms with van der Waals surface area (Å²) >= 11 is 2.61. The molecule has 2 aromatic rings. The van der Waals surface area contributed by atoms with Gasteiger partial charge in [0.1, 0.15) is 10.8 Å². The molecule has 6 nitrogen and oxygen atoms in total. The number of thiazole rings is 1. The molecule has 0 atom stereocenters. The molecule has 0 aromatic carbocycles. The number of rotatable bonds is 4. The first-order valence-electron chi connectivity index (χ1n) is 5.62. The molecule has 0 fully saturated rings. The number of nitrogens with one attached hydrogen (secondary N) is 1. The minimum Gasteiger partial charge on any atom is -0.476 e. The first kappa shape index (κ1) is 13.9. The molecule has 8 heteroatoms. The number of aromatic carboxylic acids is 1. The summed E-state index contributed by atoms with van der Waals surface area (Å²) in [6.07, 6.45) is 0. The van der Waals surface area contributed by atoms with Crippen molar-refractivity contribution in [3.8, 4) is 0 Å². The lowest BCUT2D eigenvalue weighted by Crippen LogP contribution is -2.13. The number of hydrogen-bond acceptors (Lipinski definition) is 7. The summed E-state index contributed by atoms with van der Waals surface area (Å²) < 4.78 is 4.29. The summed E-state index contributed by atoms with van der Waals surface area (Å²) in [6.45, 7) is 6.62. The number of carboxylic acids is 1. The Balaban J connectivity index is 1.98. The fourth-order valence-electron chi connectivity index (χ4n) is 1.24. The number of aromatic nitrogens is 3. The molecule has 0 aliphatic rings. The Bertz CT molecular complexity index is 586. The van der Waals surface area contributed by atoms with Gasteiger partial charge in [-0.3, -0.25) is 0 Å². The van der Waals surface area contributed by atoms with Gasteiger partial charge in [0.15, 0.2) is 5.69 Å². The average molecular weight is 298 g/mol. The molecule has 0 saturated heterocycles. The fraction of sp³-hybridized carbons (Fsp3) is 0.455. The topological polar surface area (TPSA) is 88.0 Å². The highest BCUT2D eigenvalue weighted by Gasteiger charge is 2.19. The molecule has 2 rings (SSSR count). The molecule has 0 saturated carbocycles. The van der Waals surface area contributed by atoms with Crippen molar-refractivity contribution in [2.45, 2.75) is 32.7 Å². The van der Waals surface area contributed by atoms with Crippen LogP contribution in [0.2, 0.25) is 0 Å². The lowest BCUT2D eigenvalue weighted by atomic mass is 9.96. The van der Waals surface area contributed by atoms with Gasteiger partial charge in [0.05, 0.1) is 6.54 Å². The molecule has 0 aliphatic heterocycles. The Morgan fingerprint density at radius 2 is 2.16 bits per heavy atom. The Hall–Kier alpha value is -1.54. The van der Waals surface area contributed by atoms with Crippen molar-refractivity contribution in [2.24, 2.45) is 0 Å². The molecule has 19 heavy (non-hydrogen) atoms. The van der Waals surface area contributed by atoms with Crippen molar-refractivity contribution in [2.75, 3.05) is 5.32 Å². The highest BCUT2D eigenvalue weighted by atomic mass is 32.1. The molecule has 0 bridgehead atoms. The van der Waals surface area contributed by atoms with Crippen molar-refractivity contribution in [3.05, 3.63) is 21.9 Å². The van der Waals surface area contributed by atoms with Gasteiger partial charge in [-0.15, -0.1) is 11.3 Å². The van der Waals surface area contributed by atoms with Crippen LogP contribution >= 0.6 is 22.9 Å². The van der Waals surface area contributed by atoms with Crippen molar-refractivity contribution in [1.82, 2.24) is 14.3 Å². The molecule has 102 valence electrons. The van der Waals surface area contributed by atoms with Gasteiger partial charge < -0.3 is 10.4 Å². The second-order valence-electron chi connectivity index (χ2n) is 4.96. The summed E-state index contributed by atoms with van der Waals surface area (Å²) in [7, 11) is 0. The zero-order chi connectivity index (χ0) is 14.0. The van der Waals surface area contributed by atoms with E-state index in [-0.39, 0.29) is 11.1 Å². The fourth-order valence-corrected chi connectivity index (χ4v) is 2.70. The maximum atomic E-state index is 10.7. The smallest absolute Gasteiger partial charge is 0.355 e. The second-order valence-corrected chi connectivity index (χ2v) is 6.65. The summed E-state index contributed by atoms with van der Waals surface area (Å²) in [5.74, 6) is -0.209. The van der Waals surface area contributed by atoms with Crippen LogP contribution in [0.1, 0.15) is 42.1 Å². The minimum atomic E-state index is -1.01. The second kappa shape index (κ2) is 5.22. The lowest BCUT2D eigenvalue weighted by molar-refractivity contribution is 0.0691. The predicted octanol–water partition coefficient (Wildman–Crippen LogP) is 2.60. The van der Waals surface area contributed by atoms with E-state index in [1.807, 2.05) is 0 Å². The van der Waals surface area contributed by atoms with Gasteiger partial charge in [-0.05, 0) is 0 Å². The van der Waals surface area contributed by atoms with Crippen LogP contribution in [0.15, 0.2) is 5.38 Å². The molecule has 2 N–H and O–H groups in total. The number of nitrogens with zero attached hydrogens (tertiary/aromatic N) is 3. The van der Waals surface area contributed by atoms with E-state index in [0.29, 0.717) is 11.6 Å². The van der Waals surface area contributed by atoms with E-state index in [1.54, 1.807) is 0 Å². The van der Waals surface area contributed by atoms with Gasteiger partial charge in [0, 0.05) is 22.3 Å². The first-order chi connectivity index (χ1) is 8.86. The van der Waals surface area contributed by atoms with Gasteiger partial charge in [-0.1, -0.05) is 20.8 Å². The number of carboxylic acid groups (broad SMARTS) is 1. The minimum absolute atomic E-state index is 0.0753. The summed E-state index contributed by atoms with van der Waals surface area (Å²) in [5, 5.41) is 14.8. The van der Waals surface area contributed by atoms with Gasteiger partial charge in [0.25, 0.3) is 0 Å². The summed E-state index contributed by atoms with van der Waals surface area (Å²) in [5.41, 5.74) is 0.00288. The third kappa shape index (κ3) is 3.48. The quantitative estimate of drug-likeness (QED) is 0.902. The van der Waals surface area contributed by atoms with E-state index >= 15 is 0 Å². The number of hydrogen-bond donors (Lipinski definition) is 2. The van der Waals surface area contributed by atoms with E-state index < -0.39 is 5.97 Å². The van der Waals surface area contributed by atoms with E-state index in [9.17, 15) is 4.79 Å². The van der Waals surface area contributed by atoms with E-state index in [4.69, 9.17) is 5.11 Å². The van der Waals surface area contributed by atoms with E-state index in [2.05, 4.69) is 40.4 Å². The largest absolute Gasteiger partial charge is 0.476 e. The zero-order valence-corrected chi connectivity index (χ0v) is 12.4. The summed E-state index contributed by atoms with van der Waals surface area (Å²) in [6, 6.07) is 0. The van der Waals surface area contributed by atoms with Gasteiger partial charge >= 0.3 is 5.97 Å². The third-order valence-corrected chi connectivity index (χ3v) is 3.78. The Labute approximate surface area is 118 Å². The van der Waals surface area contributed by atoms with Crippen LogP contribution in [0.4, 0.5) is 5.13 Å². The van der Waals surface area contributed by atoms with Crippen molar-refractivity contribution < 1.29 is 9.90 Å². The van der Waals surface area contributed by atoms with E-state index in [1.165, 1.54) is 28.2 Å². The van der Waals surface area contributed by atoms with Crippen LogP contribution in [0.5, 0.6) is 0 Å². The van der Waals surface area contributed by atoms with Crippen LogP contribution < -0.4 is 5.32 Å². The van der Waals surface area contributed by atoms with Crippen LogP contribution in [0.25, 0.3) is 0 Å². The first-order valence-corrected chi connectivity index (χ1v) is 7.27. The van der Waals surface area contributed by atoms with Gasteiger partial charge in [0.2, 0.25) is 5.13 Å². The van der Waals surface area contributed by atoms with Crippen LogP contribution in [0, 0.1) is 0 Å². The van der Waals surface area contributed by atoms with Crippen molar-refractivity contribution >= 4 is 34.0 Å². The Morgan fingerprint density at radius 1 is 1.42 bits per heavy atom. The zero-order valence-electron chi connectivity index (χ0n) is 10.8. The van der Waals surface area contributed by atoms with Crippen LogP contribution in [0.3, 0.4) is 0 Å². The molecule has 0 radical (unpaired) electrons. The Morgan fingerprint density at radius 3 is 2.68 bits per heavy atom. The molecule has 0 amide bonds. The molecule has 2 aromatic heterocycles. The lowest BCUT2D eigenvalue weighted by Gasteiger charge is -2.12. The highest BCUT2D eigenvalue weighted by molar-refractivity contribution is 7.10. The maximum Gasteiger partial charge on any atom is 0.355 e. The molecule has 0 spiro atoms. The SMILES string of the molecule is CC(C)(C)c1nsc(NCc2nc(C(=O)O)cs2)n1. The molecular formula is C11H14N4O2S2. The standard InChI is InChI=1S/C11H14N4O2S2/c1-11(2,3)9-14-10(19-15-9)12-4-7-13-6(5-18-7)8(16)17/h5H,4H2,1-3H3,(H,16,17)(H,12,14,15). The molecule has 2 heterocycles. The molecular weight excluding hydrogens is 284 g/mol. The van der Waals surface area contributed by atoms with Crippen molar-refractivity contribution in [1.29, 1.82) is 0 Å². The highest BCUT2D eigenvalue weighted by Crippen LogP contribution is 2.23. The van der Waals surface area contributed by atoms with Crippen LogP contribution in [-0.4, -0.2) is 25.4 Å². The molecule has 0 unspecified atom stereocenters. The van der Waals surface area contributed by atoms with E-state index in [0.717, 1.165) is 11.0 Å². The number of carbonyl (C=O) groups is 1. The third-order valence-electron chi connectivity index (χ3n) is 2.26. The van der Waals surface area contributed by atoms with Crippen molar-refractivity contribution in [3.63, 3.8) is 0 Å².